The largest absolute Gasteiger partial charge is 0.466 e. The number of nitrogens with zero attached hydrogens (tertiary/aromatic N) is 2. The van der Waals surface area contributed by atoms with Crippen LogP contribution in [0, 0.1) is 25.7 Å². The highest BCUT2D eigenvalue weighted by Gasteiger charge is 2.75. The number of aliphatic hydroxyl groups is 1. The standard InChI is InChI=1S/C26H34N2O6/c1-5-13-27(21-16(3)9-7-10-17(21)4)24(31)22-26-12-11-18(34-26)19(25(32)33-6-2)20(26)23(30)28(22)14-8-15-29/h5,7,9-10,18-20,22,29H,1,6,8,11-15H2,2-4H3/t18-,19+,20+,22-,26+/m0/s1. The summed E-state index contributed by atoms with van der Waals surface area (Å²) in [4.78, 5) is 44.1. The molecule has 1 aromatic carbocycles. The molecular weight excluding hydrogens is 436 g/mol. The number of para-hydroxylation sites is 1. The van der Waals surface area contributed by atoms with E-state index in [1.165, 1.54) is 4.90 Å². The molecule has 0 aromatic heterocycles. The maximum Gasteiger partial charge on any atom is 0.312 e. The highest BCUT2D eigenvalue weighted by atomic mass is 16.6. The SMILES string of the molecule is C=CCN(C(=O)[C@@H]1N(CCCO)C(=O)[C@H]2[C@H](C(=O)OCC)[C@@H]3CC[C@]12O3)c1c(C)cccc1C. The smallest absolute Gasteiger partial charge is 0.312 e. The minimum atomic E-state index is -1.08. The van der Waals surface area contributed by atoms with Gasteiger partial charge in [-0.3, -0.25) is 14.4 Å². The van der Waals surface area contributed by atoms with Crippen LogP contribution >= 0.6 is 0 Å². The lowest BCUT2D eigenvalue weighted by atomic mass is 9.70. The molecular formula is C26H34N2O6. The number of amides is 2. The summed E-state index contributed by atoms with van der Waals surface area (Å²) >= 11 is 0. The van der Waals surface area contributed by atoms with Crippen molar-refractivity contribution in [1.82, 2.24) is 4.90 Å². The number of esters is 1. The van der Waals surface area contributed by atoms with E-state index >= 15 is 0 Å². The molecule has 2 bridgehead atoms. The lowest BCUT2D eigenvalue weighted by molar-refractivity contribution is -0.154. The minimum Gasteiger partial charge on any atom is -0.466 e. The van der Waals surface area contributed by atoms with Crippen molar-refractivity contribution in [3.05, 3.63) is 42.0 Å². The number of likely N-dealkylation sites (tertiary alicyclic amines) is 1. The summed E-state index contributed by atoms with van der Waals surface area (Å²) in [6, 6.07) is 4.95. The van der Waals surface area contributed by atoms with Gasteiger partial charge in [0.15, 0.2) is 0 Å². The first-order valence-corrected chi connectivity index (χ1v) is 12.1. The Morgan fingerprint density at radius 2 is 2.06 bits per heavy atom. The van der Waals surface area contributed by atoms with Crippen LogP contribution in [0.2, 0.25) is 0 Å². The van der Waals surface area contributed by atoms with Crippen molar-refractivity contribution >= 4 is 23.5 Å². The summed E-state index contributed by atoms with van der Waals surface area (Å²) in [5.41, 5.74) is 1.59. The number of aryl methyl sites for hydroxylation is 2. The molecule has 3 aliphatic rings. The normalized spacial score (nSPS) is 29.3. The summed E-state index contributed by atoms with van der Waals surface area (Å²) < 4.78 is 11.7. The number of anilines is 1. The van der Waals surface area contributed by atoms with Crippen molar-refractivity contribution < 1.29 is 29.0 Å². The molecule has 1 N–H and O–H groups in total. The van der Waals surface area contributed by atoms with Gasteiger partial charge in [0.2, 0.25) is 5.91 Å². The summed E-state index contributed by atoms with van der Waals surface area (Å²) in [5.74, 6) is -2.45. The van der Waals surface area contributed by atoms with Crippen LogP contribution < -0.4 is 4.90 Å². The number of carbonyl (C=O) groups excluding carboxylic acids is 3. The first-order chi connectivity index (χ1) is 16.3. The minimum absolute atomic E-state index is 0.111. The third kappa shape index (κ3) is 3.64. The van der Waals surface area contributed by atoms with Gasteiger partial charge in [-0.15, -0.1) is 6.58 Å². The van der Waals surface area contributed by atoms with E-state index in [2.05, 4.69) is 6.58 Å². The van der Waals surface area contributed by atoms with Crippen LogP contribution in [0.1, 0.15) is 37.3 Å². The van der Waals surface area contributed by atoms with Crippen molar-refractivity contribution in [2.45, 2.75) is 57.8 Å². The van der Waals surface area contributed by atoms with Gasteiger partial charge < -0.3 is 24.4 Å². The topological polar surface area (TPSA) is 96.4 Å². The maximum absolute atomic E-state index is 14.3. The summed E-state index contributed by atoms with van der Waals surface area (Å²) in [5, 5.41) is 9.47. The van der Waals surface area contributed by atoms with E-state index in [-0.39, 0.29) is 38.1 Å². The van der Waals surface area contributed by atoms with Crippen LogP contribution in [0.4, 0.5) is 5.69 Å². The second-order valence-electron chi connectivity index (χ2n) is 9.39. The van der Waals surface area contributed by atoms with Crippen LogP contribution in [0.15, 0.2) is 30.9 Å². The molecule has 2 amide bonds. The van der Waals surface area contributed by atoms with Crippen LogP contribution in [0.25, 0.3) is 0 Å². The molecule has 0 radical (unpaired) electrons. The van der Waals surface area contributed by atoms with E-state index in [1.54, 1.807) is 17.9 Å². The van der Waals surface area contributed by atoms with Gasteiger partial charge in [0.1, 0.15) is 11.6 Å². The van der Waals surface area contributed by atoms with E-state index in [0.29, 0.717) is 19.3 Å². The second-order valence-corrected chi connectivity index (χ2v) is 9.39. The Bertz CT molecular complexity index is 973. The number of hydrogen-bond acceptors (Lipinski definition) is 6. The molecule has 3 heterocycles. The average Bonchev–Trinajstić information content (AvgIpc) is 3.44. The zero-order valence-corrected chi connectivity index (χ0v) is 20.2. The quantitative estimate of drug-likeness (QED) is 0.439. The molecule has 4 rings (SSSR count). The number of ether oxygens (including phenoxy) is 2. The van der Waals surface area contributed by atoms with E-state index in [4.69, 9.17) is 9.47 Å². The van der Waals surface area contributed by atoms with Crippen LogP contribution in [-0.4, -0.2) is 71.8 Å². The monoisotopic (exact) mass is 470 g/mol. The fraction of sp³-hybridized carbons (Fsp3) is 0.577. The molecule has 5 atom stereocenters. The highest BCUT2D eigenvalue weighted by Crippen LogP contribution is 2.59. The van der Waals surface area contributed by atoms with Gasteiger partial charge in [0.25, 0.3) is 5.91 Å². The van der Waals surface area contributed by atoms with E-state index in [1.807, 2.05) is 32.0 Å². The molecule has 3 aliphatic heterocycles. The van der Waals surface area contributed by atoms with E-state index in [0.717, 1.165) is 16.8 Å². The van der Waals surface area contributed by atoms with Gasteiger partial charge in [0, 0.05) is 25.4 Å². The number of rotatable bonds is 9. The molecule has 8 nitrogen and oxygen atoms in total. The van der Waals surface area contributed by atoms with Gasteiger partial charge in [0.05, 0.1) is 24.5 Å². The Morgan fingerprint density at radius 3 is 2.68 bits per heavy atom. The van der Waals surface area contributed by atoms with E-state index in [9.17, 15) is 19.5 Å². The highest BCUT2D eigenvalue weighted by molar-refractivity contribution is 6.05. The lowest BCUT2D eigenvalue weighted by Gasteiger charge is -2.37. The van der Waals surface area contributed by atoms with Crippen molar-refractivity contribution in [2.24, 2.45) is 11.8 Å². The van der Waals surface area contributed by atoms with Gasteiger partial charge in [-0.1, -0.05) is 24.3 Å². The third-order valence-corrected chi connectivity index (χ3v) is 7.44. The molecule has 0 saturated carbocycles. The first kappa shape index (κ1) is 24.4. The number of aliphatic hydroxyl groups excluding tert-OH is 1. The predicted molar refractivity (Wildman–Crippen MR) is 126 cm³/mol. The summed E-state index contributed by atoms with van der Waals surface area (Å²) in [6.07, 6.45) is 2.68. The molecule has 8 heteroatoms. The second kappa shape index (κ2) is 9.50. The third-order valence-electron chi connectivity index (χ3n) is 7.44. The lowest BCUT2D eigenvalue weighted by Crippen LogP contribution is -2.56. The fourth-order valence-electron chi connectivity index (χ4n) is 6.22. The molecule has 0 aliphatic carbocycles. The number of benzene rings is 1. The zero-order chi connectivity index (χ0) is 24.6. The number of carbonyl (C=O) groups is 3. The average molecular weight is 471 g/mol. The molecule has 34 heavy (non-hydrogen) atoms. The molecule has 184 valence electrons. The first-order valence-electron chi connectivity index (χ1n) is 12.1. The van der Waals surface area contributed by atoms with Crippen LogP contribution in [0.3, 0.4) is 0 Å². The zero-order valence-electron chi connectivity index (χ0n) is 20.2. The Hall–Kier alpha value is -2.71. The van der Waals surface area contributed by atoms with Crippen molar-refractivity contribution in [1.29, 1.82) is 0 Å². The molecule has 1 aromatic rings. The van der Waals surface area contributed by atoms with Crippen molar-refractivity contribution in [3.63, 3.8) is 0 Å². The van der Waals surface area contributed by atoms with Crippen molar-refractivity contribution in [3.8, 4) is 0 Å². The number of hydrogen-bond donors (Lipinski definition) is 1. The van der Waals surface area contributed by atoms with Crippen molar-refractivity contribution in [2.75, 3.05) is 31.2 Å². The molecule has 1 spiro atoms. The maximum atomic E-state index is 14.3. The van der Waals surface area contributed by atoms with Crippen LogP contribution in [-0.2, 0) is 23.9 Å². The number of fused-ring (bicyclic) bond motifs is 1. The summed E-state index contributed by atoms with van der Waals surface area (Å²) in [6.45, 7) is 10.1. The molecule has 3 fully saturated rings. The predicted octanol–water partition coefficient (Wildman–Crippen LogP) is 2.14. The van der Waals surface area contributed by atoms with Gasteiger partial charge in [-0.05, 0) is 51.2 Å². The van der Waals surface area contributed by atoms with Gasteiger partial charge in [-0.2, -0.15) is 0 Å². The van der Waals surface area contributed by atoms with E-state index < -0.39 is 35.6 Å². The molecule has 3 saturated heterocycles. The summed E-state index contributed by atoms with van der Waals surface area (Å²) in [7, 11) is 0. The van der Waals surface area contributed by atoms with Crippen LogP contribution in [0.5, 0.6) is 0 Å². The Kier molecular flexibility index (Phi) is 6.82. The Labute approximate surface area is 200 Å². The van der Waals surface area contributed by atoms with Gasteiger partial charge >= 0.3 is 5.97 Å². The Balaban J connectivity index is 1.79. The fourth-order valence-corrected chi connectivity index (χ4v) is 6.22. The molecule has 0 unspecified atom stereocenters. The van der Waals surface area contributed by atoms with Gasteiger partial charge in [-0.25, -0.2) is 0 Å². The Morgan fingerprint density at radius 1 is 1.35 bits per heavy atom.